The molecule has 0 aromatic carbocycles. The van der Waals surface area contributed by atoms with Crippen LogP contribution in [-0.4, -0.2) is 47.7 Å². The van der Waals surface area contributed by atoms with Crippen molar-refractivity contribution in [1.82, 2.24) is 9.80 Å². The smallest absolute Gasteiger partial charge is 0.245 e. The summed E-state index contributed by atoms with van der Waals surface area (Å²) in [5.74, 6) is -0.623. The first kappa shape index (κ1) is 13.3. The van der Waals surface area contributed by atoms with Crippen molar-refractivity contribution >= 4 is 17.7 Å². The van der Waals surface area contributed by atoms with Crippen LogP contribution in [0, 0.1) is 23.7 Å². The summed E-state index contributed by atoms with van der Waals surface area (Å²) in [4.78, 5) is 39.9. The van der Waals surface area contributed by atoms with E-state index in [1.807, 2.05) is 0 Å². The molecule has 5 nitrogen and oxygen atoms in total. The van der Waals surface area contributed by atoms with Crippen molar-refractivity contribution in [2.75, 3.05) is 14.1 Å². The zero-order valence-electron chi connectivity index (χ0n) is 12.1. The Morgan fingerprint density at radius 3 is 1.95 bits per heavy atom. The molecule has 3 aliphatic carbocycles. The number of hydrogen-bond donors (Lipinski definition) is 0. The third kappa shape index (κ3) is 1.65. The molecule has 2 bridgehead atoms. The minimum Gasteiger partial charge on any atom is -0.347 e. The minimum absolute atomic E-state index is 0.151. The van der Waals surface area contributed by atoms with Crippen LogP contribution in [0.2, 0.25) is 0 Å². The van der Waals surface area contributed by atoms with Gasteiger partial charge in [0.05, 0.1) is 11.8 Å². The molecular weight excluding hydrogens is 256 g/mol. The molecule has 0 radical (unpaired) electrons. The predicted molar refractivity (Wildman–Crippen MR) is 72.3 cm³/mol. The van der Waals surface area contributed by atoms with E-state index in [1.54, 1.807) is 21.0 Å². The molecule has 5 heteroatoms. The Morgan fingerprint density at radius 1 is 1.15 bits per heavy atom. The van der Waals surface area contributed by atoms with Gasteiger partial charge in [0.15, 0.2) is 0 Å². The van der Waals surface area contributed by atoms with Crippen LogP contribution < -0.4 is 0 Å². The third-order valence-corrected chi connectivity index (χ3v) is 4.98. The summed E-state index contributed by atoms with van der Waals surface area (Å²) in [6.07, 6.45) is 6.13. The number of carbonyl (C=O) groups is 3. The summed E-state index contributed by atoms with van der Waals surface area (Å²) in [7, 11) is 3.28. The molecule has 4 rings (SSSR count). The van der Waals surface area contributed by atoms with E-state index in [2.05, 4.69) is 12.2 Å². The van der Waals surface area contributed by atoms with Crippen LogP contribution in [0.15, 0.2) is 12.2 Å². The van der Waals surface area contributed by atoms with E-state index >= 15 is 0 Å². The summed E-state index contributed by atoms with van der Waals surface area (Å²) in [5, 5.41) is 0. The number of likely N-dealkylation sites (N-methyl/N-ethyl adjacent to an activating group) is 1. The van der Waals surface area contributed by atoms with Crippen LogP contribution in [0.25, 0.3) is 0 Å². The molecule has 3 amide bonds. The zero-order chi connectivity index (χ0) is 14.6. The maximum Gasteiger partial charge on any atom is 0.245 e. The van der Waals surface area contributed by atoms with Gasteiger partial charge in [-0.25, -0.2) is 0 Å². The molecule has 1 saturated heterocycles. The average molecular weight is 276 g/mol. The third-order valence-electron chi connectivity index (χ3n) is 4.98. The summed E-state index contributed by atoms with van der Waals surface area (Å²) in [5.41, 5.74) is 0. The van der Waals surface area contributed by atoms with Crippen molar-refractivity contribution in [2.45, 2.75) is 25.8 Å². The number of rotatable bonds is 2. The Hall–Kier alpha value is -1.65. The number of nitrogens with zero attached hydrogens (tertiary/aromatic N) is 2. The van der Waals surface area contributed by atoms with Crippen LogP contribution in [0.5, 0.6) is 0 Å². The van der Waals surface area contributed by atoms with Crippen molar-refractivity contribution < 1.29 is 14.4 Å². The maximum absolute atomic E-state index is 12.6. The number of amides is 3. The van der Waals surface area contributed by atoms with Crippen LogP contribution in [-0.2, 0) is 14.4 Å². The molecule has 5 atom stereocenters. The number of fused-ring (bicyclic) bond motifs is 1. The van der Waals surface area contributed by atoms with E-state index in [-0.39, 0.29) is 41.4 Å². The highest BCUT2D eigenvalue weighted by atomic mass is 16.2. The van der Waals surface area contributed by atoms with Gasteiger partial charge in [0.2, 0.25) is 17.7 Å². The van der Waals surface area contributed by atoms with E-state index in [4.69, 9.17) is 0 Å². The van der Waals surface area contributed by atoms with Crippen LogP contribution in [0.4, 0.5) is 0 Å². The highest BCUT2D eigenvalue weighted by Gasteiger charge is 2.58. The number of carbonyl (C=O) groups excluding carboxylic acids is 3. The Labute approximate surface area is 118 Å². The molecule has 1 saturated carbocycles. The van der Waals surface area contributed by atoms with Crippen molar-refractivity contribution in [3.63, 3.8) is 0 Å². The van der Waals surface area contributed by atoms with E-state index in [0.29, 0.717) is 0 Å². The predicted octanol–water partition coefficient (Wildman–Crippen LogP) is 0.660. The second kappa shape index (κ2) is 4.43. The molecular formula is C15H20N2O3. The first-order valence-electron chi connectivity index (χ1n) is 7.20. The molecule has 1 heterocycles. The fourth-order valence-corrected chi connectivity index (χ4v) is 3.96. The molecule has 0 aromatic rings. The molecule has 20 heavy (non-hydrogen) atoms. The van der Waals surface area contributed by atoms with Gasteiger partial charge in [0.1, 0.15) is 6.04 Å². The lowest BCUT2D eigenvalue weighted by Crippen LogP contribution is -2.48. The van der Waals surface area contributed by atoms with Crippen molar-refractivity contribution in [3.8, 4) is 0 Å². The van der Waals surface area contributed by atoms with Gasteiger partial charge in [-0.1, -0.05) is 12.2 Å². The highest BCUT2D eigenvalue weighted by Crippen LogP contribution is 2.49. The Balaban J connectivity index is 1.91. The van der Waals surface area contributed by atoms with Crippen LogP contribution in [0.1, 0.15) is 19.8 Å². The van der Waals surface area contributed by atoms with E-state index < -0.39 is 6.04 Å². The van der Waals surface area contributed by atoms with Gasteiger partial charge in [-0.05, 0) is 31.6 Å². The zero-order valence-corrected chi connectivity index (χ0v) is 12.1. The summed E-state index contributed by atoms with van der Waals surface area (Å²) >= 11 is 0. The summed E-state index contributed by atoms with van der Waals surface area (Å²) in [6, 6.07) is -0.699. The van der Waals surface area contributed by atoms with E-state index in [9.17, 15) is 14.4 Å². The first-order chi connectivity index (χ1) is 9.43. The number of imide groups is 1. The van der Waals surface area contributed by atoms with Gasteiger partial charge >= 0.3 is 0 Å². The number of allylic oxidation sites excluding steroid dienone is 2. The Morgan fingerprint density at radius 2 is 1.60 bits per heavy atom. The quantitative estimate of drug-likeness (QED) is 0.550. The topological polar surface area (TPSA) is 57.7 Å². The highest BCUT2D eigenvalue weighted by molar-refractivity contribution is 6.08. The van der Waals surface area contributed by atoms with Gasteiger partial charge in [0, 0.05) is 14.1 Å². The maximum atomic E-state index is 12.6. The summed E-state index contributed by atoms with van der Waals surface area (Å²) < 4.78 is 0. The van der Waals surface area contributed by atoms with Gasteiger partial charge < -0.3 is 4.90 Å². The monoisotopic (exact) mass is 276 g/mol. The van der Waals surface area contributed by atoms with E-state index in [0.717, 1.165) is 12.8 Å². The summed E-state index contributed by atoms with van der Waals surface area (Å²) in [6.45, 7) is 1.64. The molecule has 1 aliphatic heterocycles. The van der Waals surface area contributed by atoms with Crippen LogP contribution >= 0.6 is 0 Å². The first-order valence-corrected chi connectivity index (χ1v) is 7.20. The molecule has 0 unspecified atom stereocenters. The van der Waals surface area contributed by atoms with Gasteiger partial charge in [-0.3, -0.25) is 19.3 Å². The standard InChI is InChI=1S/C15H20N2O3/c1-8(13(18)16(2)3)17-14(19)11-9-4-5-10(7-6-9)12(11)15(17)20/h4-5,8-12H,6-7H2,1-3H3/t8-,9+,10+,11-,12+/m1/s1. The van der Waals surface area contributed by atoms with Crippen molar-refractivity contribution in [2.24, 2.45) is 23.7 Å². The van der Waals surface area contributed by atoms with Gasteiger partial charge in [-0.15, -0.1) is 0 Å². The normalized spacial score (nSPS) is 36.2. The minimum atomic E-state index is -0.699. The fraction of sp³-hybridized carbons (Fsp3) is 0.667. The lowest BCUT2D eigenvalue weighted by atomic mass is 9.63. The van der Waals surface area contributed by atoms with Gasteiger partial charge in [0.25, 0.3) is 0 Å². The molecule has 108 valence electrons. The Bertz CT molecular complexity index is 479. The number of likely N-dealkylation sites (tertiary alicyclic amines) is 1. The molecule has 2 fully saturated rings. The van der Waals surface area contributed by atoms with Gasteiger partial charge in [-0.2, -0.15) is 0 Å². The lowest BCUT2D eigenvalue weighted by Gasteiger charge is -2.38. The SMILES string of the molecule is C[C@H](C(=O)N(C)C)N1C(=O)[C@@H]2[C@H](C1=O)[C@H]1C=C[C@H]2CC1. The largest absolute Gasteiger partial charge is 0.347 e. The average Bonchev–Trinajstić information content (AvgIpc) is 2.73. The molecule has 0 aromatic heterocycles. The van der Waals surface area contributed by atoms with E-state index in [1.165, 1.54) is 9.80 Å². The van der Waals surface area contributed by atoms with Crippen LogP contribution in [0.3, 0.4) is 0 Å². The molecule has 0 N–H and O–H groups in total. The second-order valence-corrected chi connectivity index (χ2v) is 6.30. The second-order valence-electron chi connectivity index (χ2n) is 6.30. The Kier molecular flexibility index (Phi) is 2.96. The molecule has 0 spiro atoms. The van der Waals surface area contributed by atoms with Crippen molar-refractivity contribution in [3.05, 3.63) is 12.2 Å². The fourth-order valence-electron chi connectivity index (χ4n) is 3.96. The van der Waals surface area contributed by atoms with Crippen molar-refractivity contribution in [1.29, 1.82) is 0 Å². The molecule has 4 aliphatic rings. The lowest BCUT2D eigenvalue weighted by molar-refractivity contribution is -0.150. The number of hydrogen-bond acceptors (Lipinski definition) is 3.